The van der Waals surface area contributed by atoms with Crippen LogP contribution in [-0.4, -0.2) is 79.5 Å². The summed E-state index contributed by atoms with van der Waals surface area (Å²) in [6.45, 7) is 5.48. The number of allylic oxidation sites excluding steroid dienone is 1. The smallest absolute Gasteiger partial charge is 0.408 e. The minimum Gasteiger partial charge on any atom is -0.463 e. The third kappa shape index (κ3) is 8.38. The maximum atomic E-state index is 14.0. The molecule has 0 aromatic heterocycles. The van der Waals surface area contributed by atoms with Crippen molar-refractivity contribution in [3.8, 4) is 0 Å². The van der Waals surface area contributed by atoms with Gasteiger partial charge < -0.3 is 25.0 Å². The normalized spacial score (nSPS) is 27.9. The highest BCUT2D eigenvalue weighted by Gasteiger charge is 2.61. The molecule has 1 saturated heterocycles. The molecular formula is C31H41ClN4O9S. The minimum absolute atomic E-state index is 0.0579. The van der Waals surface area contributed by atoms with Crippen molar-refractivity contribution < 1.29 is 41.9 Å². The number of nitrogens with zero attached hydrogens (tertiary/aromatic N) is 1. The highest BCUT2D eigenvalue weighted by molar-refractivity contribution is 7.90. The van der Waals surface area contributed by atoms with Crippen molar-refractivity contribution in [1.29, 1.82) is 0 Å². The Kier molecular flexibility index (Phi) is 11.0. The van der Waals surface area contributed by atoms with Gasteiger partial charge in [-0.1, -0.05) is 43.5 Å². The first kappa shape index (κ1) is 35.2. The number of sulfonamides is 1. The lowest BCUT2D eigenvalue weighted by molar-refractivity contribution is -0.141. The Labute approximate surface area is 273 Å². The summed E-state index contributed by atoms with van der Waals surface area (Å²) >= 11 is 5.88. The number of amides is 4. The second-order valence-electron chi connectivity index (χ2n) is 12.5. The molecule has 5 atom stereocenters. The van der Waals surface area contributed by atoms with E-state index in [1.807, 2.05) is 13.0 Å². The zero-order valence-electron chi connectivity index (χ0n) is 26.1. The van der Waals surface area contributed by atoms with Crippen LogP contribution in [0.15, 0.2) is 41.3 Å². The van der Waals surface area contributed by atoms with E-state index in [1.165, 1.54) is 29.2 Å². The van der Waals surface area contributed by atoms with Gasteiger partial charge in [-0.15, -0.1) is 0 Å². The molecule has 2 aliphatic heterocycles. The number of halogens is 1. The predicted molar refractivity (Wildman–Crippen MR) is 167 cm³/mol. The van der Waals surface area contributed by atoms with Crippen molar-refractivity contribution in [1.82, 2.24) is 20.3 Å². The van der Waals surface area contributed by atoms with E-state index >= 15 is 0 Å². The van der Waals surface area contributed by atoms with Gasteiger partial charge in [0.05, 0.1) is 11.4 Å². The van der Waals surface area contributed by atoms with Gasteiger partial charge in [-0.3, -0.25) is 19.2 Å². The first-order valence-corrected chi connectivity index (χ1v) is 17.3. The van der Waals surface area contributed by atoms with E-state index in [-0.39, 0.29) is 37.2 Å². The number of alkyl carbamates (subject to hydrolysis) is 1. The van der Waals surface area contributed by atoms with Gasteiger partial charge in [-0.25, -0.2) is 17.9 Å². The lowest BCUT2D eigenvalue weighted by Gasteiger charge is -2.30. The molecule has 0 spiro atoms. The van der Waals surface area contributed by atoms with E-state index in [9.17, 15) is 32.4 Å². The Bertz CT molecular complexity index is 1470. The van der Waals surface area contributed by atoms with Crippen molar-refractivity contribution in [3.05, 3.63) is 41.4 Å². The molecule has 1 aromatic rings. The first-order valence-electron chi connectivity index (χ1n) is 15.4. The van der Waals surface area contributed by atoms with E-state index in [2.05, 4.69) is 15.4 Å². The Hall–Kier alpha value is -3.65. The standard InChI is InChI=1S/C31H41ClN4O9S/c1-4-30(2,3)45-29(41)33-24-11-9-7-5-6-8-10-20-17-31(20,28(40)35-46(42,43)23-14-12-21(32)13-15-23)34-26(38)25-16-22(44-19-37)18-36(25)27(24)39/h8,10,12-15,19-20,22,24-25H,4-7,9,11,16-18H2,1-3H3,(H,33,41)(H,34,38)(H,35,40)/b10-8-/t20-,22-,24+,25+,31-/m1/s1. The van der Waals surface area contributed by atoms with Crippen LogP contribution in [0.3, 0.4) is 0 Å². The molecular weight excluding hydrogens is 640 g/mol. The van der Waals surface area contributed by atoms with Crippen LogP contribution in [0, 0.1) is 5.92 Å². The highest BCUT2D eigenvalue weighted by atomic mass is 35.5. The monoisotopic (exact) mass is 680 g/mol. The molecule has 4 rings (SSSR count). The van der Waals surface area contributed by atoms with Gasteiger partial charge in [-0.05, 0) is 70.2 Å². The molecule has 0 bridgehead atoms. The lowest BCUT2D eigenvalue weighted by atomic mass is 10.0. The minimum atomic E-state index is -4.31. The molecule has 1 aliphatic carbocycles. The van der Waals surface area contributed by atoms with E-state index in [1.54, 1.807) is 19.9 Å². The van der Waals surface area contributed by atoms with Crippen molar-refractivity contribution in [2.24, 2.45) is 5.92 Å². The van der Waals surface area contributed by atoms with Crippen molar-refractivity contribution in [3.63, 3.8) is 0 Å². The van der Waals surface area contributed by atoms with Crippen LogP contribution in [0.2, 0.25) is 5.02 Å². The van der Waals surface area contributed by atoms with Gasteiger partial charge in [0, 0.05) is 17.4 Å². The van der Waals surface area contributed by atoms with E-state index < -0.39 is 69.1 Å². The third-order valence-electron chi connectivity index (χ3n) is 8.76. The molecule has 0 unspecified atom stereocenters. The second kappa shape index (κ2) is 14.4. The van der Waals surface area contributed by atoms with Gasteiger partial charge in [-0.2, -0.15) is 0 Å². The number of rotatable bonds is 8. The topological polar surface area (TPSA) is 177 Å². The van der Waals surface area contributed by atoms with Crippen LogP contribution in [0.1, 0.15) is 72.1 Å². The van der Waals surface area contributed by atoms with Crippen LogP contribution in [0.5, 0.6) is 0 Å². The Morgan fingerprint density at radius 1 is 1.17 bits per heavy atom. The van der Waals surface area contributed by atoms with Crippen molar-refractivity contribution in [2.75, 3.05) is 6.54 Å². The maximum absolute atomic E-state index is 14.0. The second-order valence-corrected chi connectivity index (χ2v) is 14.6. The number of fused-ring (bicyclic) bond motifs is 2. The average molecular weight is 681 g/mol. The molecule has 1 saturated carbocycles. The number of hydrogen-bond acceptors (Lipinski definition) is 9. The van der Waals surface area contributed by atoms with Gasteiger partial charge in [0.1, 0.15) is 29.3 Å². The van der Waals surface area contributed by atoms with Crippen LogP contribution in [-0.2, 0) is 38.7 Å². The molecule has 2 heterocycles. The third-order valence-corrected chi connectivity index (χ3v) is 10.4. The largest absolute Gasteiger partial charge is 0.463 e. The molecule has 0 radical (unpaired) electrons. The molecule has 15 heteroatoms. The molecule has 2 fully saturated rings. The number of carbonyl (C=O) groups excluding carboxylic acids is 5. The fourth-order valence-corrected chi connectivity index (χ4v) is 6.80. The fraction of sp³-hybridized carbons (Fsp3) is 0.581. The van der Waals surface area contributed by atoms with Crippen LogP contribution >= 0.6 is 11.6 Å². The van der Waals surface area contributed by atoms with E-state index in [4.69, 9.17) is 21.1 Å². The summed E-state index contributed by atoms with van der Waals surface area (Å²) in [5.41, 5.74) is -2.37. The predicted octanol–water partition coefficient (Wildman–Crippen LogP) is 2.97. The summed E-state index contributed by atoms with van der Waals surface area (Å²) < 4.78 is 38.8. The zero-order valence-corrected chi connectivity index (χ0v) is 27.7. The van der Waals surface area contributed by atoms with Crippen molar-refractivity contribution in [2.45, 2.75) is 106 Å². The van der Waals surface area contributed by atoms with Gasteiger partial charge in [0.25, 0.3) is 22.4 Å². The summed E-state index contributed by atoms with van der Waals surface area (Å²) in [7, 11) is -4.31. The molecule has 252 valence electrons. The fourth-order valence-electron chi connectivity index (χ4n) is 5.64. The number of nitrogens with one attached hydrogen (secondary N) is 3. The van der Waals surface area contributed by atoms with Gasteiger partial charge >= 0.3 is 6.09 Å². The van der Waals surface area contributed by atoms with Gasteiger partial charge in [0.15, 0.2) is 0 Å². The molecule has 13 nitrogen and oxygen atoms in total. The maximum Gasteiger partial charge on any atom is 0.408 e. The molecule has 3 aliphatic rings. The van der Waals surface area contributed by atoms with Crippen LogP contribution < -0.4 is 15.4 Å². The Balaban J connectivity index is 1.61. The van der Waals surface area contributed by atoms with E-state index in [0.717, 1.165) is 12.8 Å². The Morgan fingerprint density at radius 2 is 1.89 bits per heavy atom. The van der Waals surface area contributed by atoms with E-state index in [0.29, 0.717) is 24.3 Å². The summed E-state index contributed by atoms with van der Waals surface area (Å²) in [6, 6.07) is 3.08. The van der Waals surface area contributed by atoms with Crippen molar-refractivity contribution >= 4 is 51.9 Å². The Morgan fingerprint density at radius 3 is 2.57 bits per heavy atom. The number of hydrogen-bond donors (Lipinski definition) is 3. The lowest BCUT2D eigenvalue weighted by Crippen LogP contribution is -2.58. The molecule has 46 heavy (non-hydrogen) atoms. The van der Waals surface area contributed by atoms with Gasteiger partial charge in [0.2, 0.25) is 11.8 Å². The highest BCUT2D eigenvalue weighted by Crippen LogP contribution is 2.46. The SMILES string of the molecule is CCC(C)(C)OC(=O)N[C@H]1CCCCC/C=C\[C@@H]2C[C@@]2(C(=O)NS(=O)(=O)c2ccc(Cl)cc2)NC(=O)[C@@H]2C[C@@H](OC=O)CN2C1=O. The zero-order chi connectivity index (χ0) is 33.7. The summed E-state index contributed by atoms with van der Waals surface area (Å²) in [6.07, 6.45) is 5.75. The van der Waals surface area contributed by atoms with Crippen LogP contribution in [0.4, 0.5) is 4.79 Å². The summed E-state index contributed by atoms with van der Waals surface area (Å²) in [5.74, 6) is -2.70. The molecule has 1 aromatic carbocycles. The number of benzene rings is 1. The average Bonchev–Trinajstić information content (AvgIpc) is 3.52. The quantitative estimate of drug-likeness (QED) is 0.275. The molecule has 4 amide bonds. The molecule has 3 N–H and O–H groups in total. The summed E-state index contributed by atoms with van der Waals surface area (Å²) in [4.78, 5) is 66.5. The van der Waals surface area contributed by atoms with Crippen LogP contribution in [0.25, 0.3) is 0 Å². The number of carbonyl (C=O) groups is 5. The summed E-state index contributed by atoms with van der Waals surface area (Å²) in [5, 5.41) is 5.71. The number of ether oxygens (including phenoxy) is 2. The first-order chi connectivity index (χ1) is 21.7.